The molecule has 0 spiro atoms. The van der Waals surface area contributed by atoms with Gasteiger partial charge in [-0.3, -0.25) is 9.48 Å². The summed E-state index contributed by atoms with van der Waals surface area (Å²) in [6.07, 6.45) is 0. The summed E-state index contributed by atoms with van der Waals surface area (Å²) in [5.41, 5.74) is 2.12. The first-order chi connectivity index (χ1) is 10.8. The summed E-state index contributed by atoms with van der Waals surface area (Å²) in [7, 11) is 1.78. The number of hydrogen-bond acceptors (Lipinski definition) is 4. The number of amides is 1. The number of nitrogens with one attached hydrogen (secondary N) is 1. The normalized spacial score (nSPS) is 10.5. The Hall–Kier alpha value is -2.05. The zero-order valence-electron chi connectivity index (χ0n) is 12.8. The maximum Gasteiger partial charge on any atom is 0.341 e. The van der Waals surface area contributed by atoms with Crippen molar-refractivity contribution in [3.05, 3.63) is 45.2 Å². The highest BCUT2D eigenvalue weighted by Gasteiger charge is 2.18. The molecule has 0 bridgehead atoms. The van der Waals surface area contributed by atoms with Gasteiger partial charge in [0.1, 0.15) is 0 Å². The van der Waals surface area contributed by atoms with Crippen LogP contribution in [0.1, 0.15) is 21.7 Å². The van der Waals surface area contributed by atoms with E-state index in [4.69, 9.17) is 27.9 Å². The topological polar surface area (TPSA) is 73.2 Å². The minimum Gasteiger partial charge on any atom is -0.452 e. The van der Waals surface area contributed by atoms with E-state index in [0.29, 0.717) is 11.4 Å². The maximum absolute atomic E-state index is 12.0. The highest BCUT2D eigenvalue weighted by molar-refractivity contribution is 6.39. The number of benzene rings is 1. The molecule has 0 saturated heterocycles. The minimum absolute atomic E-state index is 0.0392. The molecule has 1 amide bonds. The van der Waals surface area contributed by atoms with Crippen LogP contribution in [-0.4, -0.2) is 28.3 Å². The molecule has 23 heavy (non-hydrogen) atoms. The number of carbonyl (C=O) groups excluding carboxylic acids is 2. The zero-order valence-corrected chi connectivity index (χ0v) is 14.3. The smallest absolute Gasteiger partial charge is 0.341 e. The number of anilines is 1. The number of hydrogen-bond donors (Lipinski definition) is 1. The lowest BCUT2D eigenvalue weighted by Gasteiger charge is -2.09. The second-order valence-electron chi connectivity index (χ2n) is 4.89. The predicted molar refractivity (Wildman–Crippen MR) is 88.1 cm³/mol. The molecule has 0 radical (unpaired) electrons. The summed E-state index contributed by atoms with van der Waals surface area (Å²) in [6, 6.07) is 4.65. The number of aryl methyl sites for hydroxylation is 2. The Morgan fingerprint density at radius 1 is 1.26 bits per heavy atom. The lowest BCUT2D eigenvalue weighted by atomic mass is 10.2. The standard InChI is InChI=1S/C15H15Cl2N3O3/c1-8-14(9(2)20(3)19-8)18-12(21)7-23-15(22)13-10(16)5-4-6-11(13)17/h4-6H,7H2,1-3H3,(H,18,21). The van der Waals surface area contributed by atoms with Gasteiger partial charge in [0.05, 0.1) is 32.7 Å². The zero-order chi connectivity index (χ0) is 17.1. The van der Waals surface area contributed by atoms with Gasteiger partial charge in [-0.25, -0.2) is 4.79 Å². The first-order valence-electron chi connectivity index (χ1n) is 6.72. The molecule has 0 aliphatic heterocycles. The molecule has 0 saturated carbocycles. The first-order valence-corrected chi connectivity index (χ1v) is 7.48. The van der Waals surface area contributed by atoms with Gasteiger partial charge in [-0.1, -0.05) is 29.3 Å². The average Bonchev–Trinajstić information content (AvgIpc) is 2.71. The van der Waals surface area contributed by atoms with Crippen LogP contribution >= 0.6 is 23.2 Å². The van der Waals surface area contributed by atoms with Crippen molar-refractivity contribution in [1.82, 2.24) is 9.78 Å². The maximum atomic E-state index is 12.0. The summed E-state index contributed by atoms with van der Waals surface area (Å²) in [5, 5.41) is 7.20. The molecule has 1 aromatic heterocycles. The SMILES string of the molecule is Cc1nn(C)c(C)c1NC(=O)COC(=O)c1c(Cl)cccc1Cl. The molecular formula is C15H15Cl2N3O3. The van der Waals surface area contributed by atoms with Crippen LogP contribution in [0.15, 0.2) is 18.2 Å². The number of halogens is 2. The second kappa shape index (κ2) is 7.02. The van der Waals surface area contributed by atoms with E-state index in [9.17, 15) is 9.59 Å². The Morgan fingerprint density at radius 2 is 1.87 bits per heavy atom. The Morgan fingerprint density at radius 3 is 2.39 bits per heavy atom. The first kappa shape index (κ1) is 17.3. The van der Waals surface area contributed by atoms with Crippen molar-refractivity contribution in [3.63, 3.8) is 0 Å². The number of esters is 1. The van der Waals surface area contributed by atoms with Gasteiger partial charge in [-0.15, -0.1) is 0 Å². The van der Waals surface area contributed by atoms with E-state index < -0.39 is 18.5 Å². The van der Waals surface area contributed by atoms with Gasteiger partial charge in [0.2, 0.25) is 0 Å². The van der Waals surface area contributed by atoms with Crippen LogP contribution < -0.4 is 5.32 Å². The monoisotopic (exact) mass is 355 g/mol. The molecule has 1 N–H and O–H groups in total. The Bertz CT molecular complexity index is 751. The van der Waals surface area contributed by atoms with Crippen molar-refractivity contribution in [2.75, 3.05) is 11.9 Å². The Balaban J connectivity index is 2.01. The fourth-order valence-electron chi connectivity index (χ4n) is 2.03. The van der Waals surface area contributed by atoms with E-state index in [1.54, 1.807) is 24.7 Å². The van der Waals surface area contributed by atoms with Gasteiger partial charge in [0, 0.05) is 7.05 Å². The number of rotatable bonds is 4. The van der Waals surface area contributed by atoms with Crippen LogP contribution in [0.25, 0.3) is 0 Å². The molecule has 0 unspecified atom stereocenters. The second-order valence-corrected chi connectivity index (χ2v) is 5.70. The summed E-state index contributed by atoms with van der Waals surface area (Å²) >= 11 is 11.8. The molecule has 0 aliphatic rings. The summed E-state index contributed by atoms with van der Waals surface area (Å²) in [6.45, 7) is 3.15. The number of ether oxygens (including phenoxy) is 1. The van der Waals surface area contributed by atoms with E-state index in [1.807, 2.05) is 6.92 Å². The third kappa shape index (κ3) is 3.83. The fourth-order valence-corrected chi connectivity index (χ4v) is 2.58. The van der Waals surface area contributed by atoms with Crippen LogP contribution in [0, 0.1) is 13.8 Å². The Labute approximate surface area is 143 Å². The number of nitrogens with zero attached hydrogens (tertiary/aromatic N) is 2. The molecule has 122 valence electrons. The number of aromatic nitrogens is 2. The average molecular weight is 356 g/mol. The molecule has 1 aromatic carbocycles. The van der Waals surface area contributed by atoms with E-state index in [2.05, 4.69) is 10.4 Å². The molecule has 1 heterocycles. The quantitative estimate of drug-likeness (QED) is 0.855. The third-order valence-electron chi connectivity index (χ3n) is 3.27. The molecule has 0 atom stereocenters. The summed E-state index contributed by atoms with van der Waals surface area (Å²) < 4.78 is 6.62. The van der Waals surface area contributed by atoms with Gasteiger partial charge in [-0.05, 0) is 26.0 Å². The highest BCUT2D eigenvalue weighted by atomic mass is 35.5. The lowest BCUT2D eigenvalue weighted by Crippen LogP contribution is -2.21. The van der Waals surface area contributed by atoms with Gasteiger partial charge in [0.15, 0.2) is 6.61 Å². The molecule has 2 rings (SSSR count). The molecule has 6 nitrogen and oxygen atoms in total. The predicted octanol–water partition coefficient (Wildman–Crippen LogP) is 3.14. The van der Waals surface area contributed by atoms with Crippen LogP contribution in [0.2, 0.25) is 10.0 Å². The van der Waals surface area contributed by atoms with Crippen molar-refractivity contribution in [1.29, 1.82) is 0 Å². The summed E-state index contributed by atoms with van der Waals surface area (Å²) in [5.74, 6) is -1.23. The van der Waals surface area contributed by atoms with Crippen LogP contribution in [-0.2, 0) is 16.6 Å². The highest BCUT2D eigenvalue weighted by Crippen LogP contribution is 2.25. The van der Waals surface area contributed by atoms with Gasteiger partial charge < -0.3 is 10.1 Å². The van der Waals surface area contributed by atoms with Crippen molar-refractivity contribution < 1.29 is 14.3 Å². The van der Waals surface area contributed by atoms with Crippen LogP contribution in [0.5, 0.6) is 0 Å². The molecular weight excluding hydrogens is 341 g/mol. The van der Waals surface area contributed by atoms with Crippen molar-refractivity contribution in [3.8, 4) is 0 Å². The van der Waals surface area contributed by atoms with Crippen molar-refractivity contribution >= 4 is 40.8 Å². The molecule has 0 aliphatic carbocycles. The lowest BCUT2D eigenvalue weighted by molar-refractivity contribution is -0.119. The number of carbonyl (C=O) groups is 2. The van der Waals surface area contributed by atoms with Gasteiger partial charge in [-0.2, -0.15) is 5.10 Å². The third-order valence-corrected chi connectivity index (χ3v) is 3.90. The van der Waals surface area contributed by atoms with Crippen LogP contribution in [0.3, 0.4) is 0 Å². The van der Waals surface area contributed by atoms with E-state index in [-0.39, 0.29) is 15.6 Å². The van der Waals surface area contributed by atoms with Crippen molar-refractivity contribution in [2.24, 2.45) is 7.05 Å². The largest absolute Gasteiger partial charge is 0.452 e. The van der Waals surface area contributed by atoms with Gasteiger partial charge >= 0.3 is 5.97 Å². The van der Waals surface area contributed by atoms with Crippen molar-refractivity contribution in [2.45, 2.75) is 13.8 Å². The van der Waals surface area contributed by atoms with E-state index in [1.165, 1.54) is 12.1 Å². The van der Waals surface area contributed by atoms with Crippen LogP contribution in [0.4, 0.5) is 5.69 Å². The Kier molecular flexibility index (Phi) is 5.28. The fraction of sp³-hybridized carbons (Fsp3) is 0.267. The molecule has 0 fully saturated rings. The van der Waals surface area contributed by atoms with E-state index >= 15 is 0 Å². The van der Waals surface area contributed by atoms with E-state index in [0.717, 1.165) is 5.69 Å². The molecule has 8 heteroatoms. The van der Waals surface area contributed by atoms with Gasteiger partial charge in [0.25, 0.3) is 5.91 Å². The minimum atomic E-state index is -0.754. The molecule has 2 aromatic rings. The summed E-state index contributed by atoms with van der Waals surface area (Å²) in [4.78, 5) is 23.9.